The van der Waals surface area contributed by atoms with Gasteiger partial charge >= 0.3 is 5.97 Å². The van der Waals surface area contributed by atoms with Crippen LogP contribution < -0.4 is 15.4 Å². The van der Waals surface area contributed by atoms with Gasteiger partial charge in [0.1, 0.15) is 5.75 Å². The minimum absolute atomic E-state index is 0. The van der Waals surface area contributed by atoms with Crippen molar-refractivity contribution in [1.82, 2.24) is 10.6 Å². The first kappa shape index (κ1) is 26.5. The molecule has 160 valence electrons. The average Bonchev–Trinajstić information content (AvgIpc) is 2.66. The molecular formula is C21H36IN3O3. The third kappa shape index (κ3) is 11.4. The smallest absolute Gasteiger partial charge is 0.305 e. The van der Waals surface area contributed by atoms with Gasteiger partial charge in [0, 0.05) is 19.5 Å². The first-order valence-corrected chi connectivity index (χ1v) is 9.80. The molecule has 0 aliphatic rings. The third-order valence-electron chi connectivity index (χ3n) is 3.95. The normalized spacial score (nSPS) is 12.1. The fraction of sp³-hybridized carbons (Fsp3) is 0.619. The molecule has 2 N–H and O–H groups in total. The van der Waals surface area contributed by atoms with Crippen LogP contribution in [0.3, 0.4) is 0 Å². The minimum atomic E-state index is -0.168. The first-order valence-electron chi connectivity index (χ1n) is 9.80. The molecule has 0 aliphatic heterocycles. The van der Waals surface area contributed by atoms with Crippen molar-refractivity contribution in [3.05, 3.63) is 29.8 Å². The second-order valence-electron chi connectivity index (χ2n) is 6.93. The van der Waals surface area contributed by atoms with Gasteiger partial charge in [-0.1, -0.05) is 26.0 Å². The van der Waals surface area contributed by atoms with E-state index in [2.05, 4.69) is 53.3 Å². The number of nitrogens with one attached hydrogen (secondary N) is 2. The van der Waals surface area contributed by atoms with Crippen LogP contribution in [0.1, 0.15) is 58.6 Å². The van der Waals surface area contributed by atoms with Crippen LogP contribution in [-0.2, 0) is 9.53 Å². The van der Waals surface area contributed by atoms with Crippen LogP contribution >= 0.6 is 24.0 Å². The summed E-state index contributed by atoms with van der Waals surface area (Å²) in [6.07, 6.45) is 2.07. The molecule has 1 rings (SSSR count). The third-order valence-corrected chi connectivity index (χ3v) is 3.95. The lowest BCUT2D eigenvalue weighted by molar-refractivity contribution is -0.140. The zero-order valence-corrected chi connectivity index (χ0v) is 20.1. The molecule has 28 heavy (non-hydrogen) atoms. The molecule has 0 fully saturated rings. The molecule has 6 nitrogen and oxygen atoms in total. The van der Waals surface area contributed by atoms with E-state index < -0.39 is 0 Å². The molecule has 0 heterocycles. The quantitative estimate of drug-likeness (QED) is 0.154. The van der Waals surface area contributed by atoms with E-state index in [1.54, 1.807) is 0 Å². The lowest BCUT2D eigenvalue weighted by Gasteiger charge is -2.18. The van der Waals surface area contributed by atoms with E-state index in [1.165, 1.54) is 12.7 Å². The predicted octanol–water partition coefficient (Wildman–Crippen LogP) is 4.30. The maximum atomic E-state index is 11.1. The van der Waals surface area contributed by atoms with Crippen molar-refractivity contribution in [1.29, 1.82) is 0 Å². The Labute approximate surface area is 186 Å². The summed E-state index contributed by atoms with van der Waals surface area (Å²) in [5.74, 6) is 2.02. The van der Waals surface area contributed by atoms with Crippen molar-refractivity contribution in [3.8, 4) is 5.75 Å². The molecule has 1 atom stereocenters. The molecule has 1 aromatic rings. The lowest BCUT2D eigenvalue weighted by atomic mass is 10.1. The van der Waals surface area contributed by atoms with E-state index >= 15 is 0 Å². The SMILES string of the molecule is CCNC(=NCCCCC(=O)OC)NC(C)c1ccc(OCC(C)C)cc1.I. The molecule has 7 heteroatoms. The molecule has 0 saturated carbocycles. The van der Waals surface area contributed by atoms with E-state index in [-0.39, 0.29) is 36.0 Å². The van der Waals surface area contributed by atoms with Crippen LogP contribution in [0.5, 0.6) is 5.75 Å². The van der Waals surface area contributed by atoms with Crippen LogP contribution in [-0.4, -0.2) is 38.7 Å². The van der Waals surface area contributed by atoms with Crippen molar-refractivity contribution in [2.24, 2.45) is 10.9 Å². The van der Waals surface area contributed by atoms with E-state index in [1.807, 2.05) is 19.1 Å². The van der Waals surface area contributed by atoms with E-state index in [9.17, 15) is 4.79 Å². The maximum Gasteiger partial charge on any atom is 0.305 e. The highest BCUT2D eigenvalue weighted by molar-refractivity contribution is 14.0. The molecule has 0 saturated heterocycles. The Morgan fingerprint density at radius 1 is 1.14 bits per heavy atom. The summed E-state index contributed by atoms with van der Waals surface area (Å²) in [5, 5.41) is 6.68. The number of esters is 1. The van der Waals surface area contributed by atoms with Gasteiger partial charge in [0.2, 0.25) is 0 Å². The van der Waals surface area contributed by atoms with Crippen molar-refractivity contribution in [2.75, 3.05) is 26.8 Å². The number of unbranched alkanes of at least 4 members (excludes halogenated alkanes) is 1. The summed E-state index contributed by atoms with van der Waals surface area (Å²) in [4.78, 5) is 15.7. The Bertz CT molecular complexity index is 577. The van der Waals surface area contributed by atoms with Crippen LogP contribution in [0.4, 0.5) is 0 Å². The second-order valence-corrected chi connectivity index (χ2v) is 6.93. The van der Waals surface area contributed by atoms with Gasteiger partial charge in [-0.3, -0.25) is 9.79 Å². The number of benzene rings is 1. The molecular weight excluding hydrogens is 469 g/mol. The van der Waals surface area contributed by atoms with Gasteiger partial charge in [0.15, 0.2) is 5.96 Å². The summed E-state index contributed by atoms with van der Waals surface area (Å²) >= 11 is 0. The number of ether oxygens (including phenoxy) is 2. The molecule has 0 radical (unpaired) electrons. The number of rotatable bonds is 11. The minimum Gasteiger partial charge on any atom is -0.493 e. The lowest BCUT2D eigenvalue weighted by Crippen LogP contribution is -2.38. The van der Waals surface area contributed by atoms with Gasteiger partial charge in [-0.15, -0.1) is 24.0 Å². The average molecular weight is 505 g/mol. The van der Waals surface area contributed by atoms with E-state index in [4.69, 9.17) is 4.74 Å². The Morgan fingerprint density at radius 3 is 2.39 bits per heavy atom. The van der Waals surface area contributed by atoms with E-state index in [0.29, 0.717) is 18.9 Å². The highest BCUT2D eigenvalue weighted by Crippen LogP contribution is 2.18. The predicted molar refractivity (Wildman–Crippen MR) is 126 cm³/mol. The van der Waals surface area contributed by atoms with Crippen molar-refractivity contribution < 1.29 is 14.3 Å². The Hall–Kier alpha value is -1.51. The number of halogens is 1. The number of hydrogen-bond donors (Lipinski definition) is 2. The fourth-order valence-corrected chi connectivity index (χ4v) is 2.40. The second kappa shape index (κ2) is 15.4. The monoisotopic (exact) mass is 505 g/mol. The first-order chi connectivity index (χ1) is 13.0. The molecule has 1 unspecified atom stereocenters. The van der Waals surface area contributed by atoms with Gasteiger partial charge in [0.05, 0.1) is 19.8 Å². The van der Waals surface area contributed by atoms with Crippen molar-refractivity contribution >= 4 is 35.9 Å². The summed E-state index contributed by atoms with van der Waals surface area (Å²) in [6.45, 7) is 10.6. The Kier molecular flexibility index (Phi) is 14.6. The van der Waals surface area contributed by atoms with Crippen molar-refractivity contribution in [2.45, 2.75) is 53.0 Å². The Morgan fingerprint density at radius 2 is 1.82 bits per heavy atom. The van der Waals surface area contributed by atoms with Gasteiger partial charge in [-0.25, -0.2) is 0 Å². The molecule has 1 aromatic carbocycles. The number of nitrogens with zero attached hydrogens (tertiary/aromatic N) is 1. The molecule has 0 aliphatic carbocycles. The summed E-state index contributed by atoms with van der Waals surface area (Å²) in [5.41, 5.74) is 1.17. The van der Waals surface area contributed by atoms with Crippen LogP contribution in [0, 0.1) is 5.92 Å². The number of carbonyl (C=O) groups excluding carboxylic acids is 1. The highest BCUT2D eigenvalue weighted by Gasteiger charge is 2.08. The summed E-state index contributed by atoms with van der Waals surface area (Å²) in [6, 6.07) is 8.29. The fourth-order valence-electron chi connectivity index (χ4n) is 2.40. The molecule has 0 bridgehead atoms. The summed E-state index contributed by atoms with van der Waals surface area (Å²) < 4.78 is 10.4. The Balaban J connectivity index is 0.00000729. The number of aliphatic imine (C=N–C) groups is 1. The maximum absolute atomic E-state index is 11.1. The topological polar surface area (TPSA) is 72.0 Å². The van der Waals surface area contributed by atoms with Crippen LogP contribution in [0.15, 0.2) is 29.3 Å². The van der Waals surface area contributed by atoms with Crippen LogP contribution in [0.2, 0.25) is 0 Å². The van der Waals surface area contributed by atoms with Gasteiger partial charge in [0.25, 0.3) is 0 Å². The largest absolute Gasteiger partial charge is 0.493 e. The van der Waals surface area contributed by atoms with Gasteiger partial charge in [-0.2, -0.15) is 0 Å². The molecule has 0 aromatic heterocycles. The highest BCUT2D eigenvalue weighted by atomic mass is 127. The number of guanidine groups is 1. The van der Waals surface area contributed by atoms with E-state index in [0.717, 1.165) is 37.7 Å². The van der Waals surface area contributed by atoms with Gasteiger partial charge < -0.3 is 20.1 Å². The zero-order valence-electron chi connectivity index (χ0n) is 17.8. The summed E-state index contributed by atoms with van der Waals surface area (Å²) in [7, 11) is 1.41. The number of hydrogen-bond acceptors (Lipinski definition) is 4. The van der Waals surface area contributed by atoms with Gasteiger partial charge in [-0.05, 0) is 50.3 Å². The molecule has 0 spiro atoms. The van der Waals surface area contributed by atoms with Crippen molar-refractivity contribution in [3.63, 3.8) is 0 Å². The zero-order chi connectivity index (χ0) is 20.1. The number of carbonyl (C=O) groups is 1. The molecule has 0 amide bonds. The van der Waals surface area contributed by atoms with Crippen LogP contribution in [0.25, 0.3) is 0 Å². The standard InChI is InChI=1S/C21H35N3O3.HI/c1-6-22-21(23-14-8-7-9-20(25)26-5)24-17(4)18-10-12-19(13-11-18)27-15-16(2)3;/h10-13,16-17H,6-9,14-15H2,1-5H3,(H2,22,23,24);1H. The number of methoxy groups -OCH3 is 1.